The van der Waals surface area contributed by atoms with E-state index in [9.17, 15) is 0 Å². The van der Waals surface area contributed by atoms with E-state index in [2.05, 4.69) is 26.1 Å². The van der Waals surface area contributed by atoms with Gasteiger partial charge in [0.05, 0.1) is 37.4 Å². The molecular formula is C22H35N4O2S2+. The van der Waals surface area contributed by atoms with E-state index >= 15 is 0 Å². The molecule has 2 aliphatic heterocycles. The maximum Gasteiger partial charge on any atom is 0.190 e. The molecule has 0 amide bonds. The smallest absolute Gasteiger partial charge is 0.190 e. The summed E-state index contributed by atoms with van der Waals surface area (Å²) in [7, 11) is 0. The van der Waals surface area contributed by atoms with Crippen molar-refractivity contribution in [2.75, 3.05) is 50.5 Å². The lowest BCUT2D eigenvalue weighted by molar-refractivity contribution is -0.908. The van der Waals surface area contributed by atoms with Crippen molar-refractivity contribution in [2.24, 2.45) is 0 Å². The minimum absolute atomic E-state index is 0.132. The van der Waals surface area contributed by atoms with Crippen LogP contribution in [0.2, 0.25) is 0 Å². The molecule has 0 unspecified atom stereocenters. The molecule has 30 heavy (non-hydrogen) atoms. The van der Waals surface area contributed by atoms with Gasteiger partial charge in [-0.05, 0) is 25.8 Å². The summed E-state index contributed by atoms with van der Waals surface area (Å²) in [5.74, 6) is 2.09. The zero-order valence-corrected chi connectivity index (χ0v) is 20.1. The predicted octanol–water partition coefficient (Wildman–Crippen LogP) is 3.15. The molecule has 1 fully saturated rings. The van der Waals surface area contributed by atoms with Gasteiger partial charge in [-0.2, -0.15) is 0 Å². The Morgan fingerprint density at radius 2 is 2.03 bits per heavy atom. The lowest BCUT2D eigenvalue weighted by atomic mass is 9.94. The molecule has 0 atom stereocenters. The topological polar surface area (TPSA) is 60.7 Å². The normalized spacial score (nSPS) is 19.2. The molecular weight excluding hydrogens is 416 g/mol. The third-order valence-corrected chi connectivity index (χ3v) is 7.87. The van der Waals surface area contributed by atoms with Crippen LogP contribution < -0.4 is 10.2 Å². The molecule has 2 aliphatic rings. The van der Waals surface area contributed by atoms with Gasteiger partial charge >= 0.3 is 0 Å². The zero-order chi connectivity index (χ0) is 21.0. The van der Waals surface area contributed by atoms with Crippen molar-refractivity contribution in [2.45, 2.75) is 63.8 Å². The molecule has 0 aromatic carbocycles. The second kappa shape index (κ2) is 10.1. The molecule has 166 valence electrons. The first-order valence-electron chi connectivity index (χ1n) is 11.3. The van der Waals surface area contributed by atoms with Crippen LogP contribution in [0.3, 0.4) is 0 Å². The number of anilines is 1. The average molecular weight is 452 g/mol. The Bertz CT molecular complexity index is 849. The fourth-order valence-electron chi connectivity index (χ4n) is 4.08. The Hall–Kier alpha value is -0.930. The molecule has 6 nitrogen and oxygen atoms in total. The van der Waals surface area contributed by atoms with Gasteiger partial charge in [0, 0.05) is 30.0 Å². The monoisotopic (exact) mass is 451 g/mol. The van der Waals surface area contributed by atoms with Crippen molar-refractivity contribution in [3.05, 3.63) is 10.4 Å². The molecule has 0 aliphatic carbocycles. The number of quaternary nitrogens is 1. The molecule has 0 bridgehead atoms. The molecule has 1 saturated heterocycles. The van der Waals surface area contributed by atoms with Gasteiger partial charge in [-0.3, -0.25) is 0 Å². The number of thiophene rings is 1. The van der Waals surface area contributed by atoms with Crippen molar-refractivity contribution in [3.63, 3.8) is 0 Å². The van der Waals surface area contributed by atoms with Crippen molar-refractivity contribution >= 4 is 39.1 Å². The van der Waals surface area contributed by atoms with Crippen LogP contribution in [0.25, 0.3) is 10.2 Å². The number of unbranched alkanes of at least 4 members (excludes halogenated alkanes) is 1. The van der Waals surface area contributed by atoms with Gasteiger partial charge in [0.1, 0.15) is 23.7 Å². The molecule has 4 rings (SSSR count). The van der Waals surface area contributed by atoms with Gasteiger partial charge in [0.25, 0.3) is 0 Å². The number of morpholine rings is 1. The number of rotatable bonds is 9. The molecule has 8 heteroatoms. The Kier molecular flexibility index (Phi) is 7.52. The van der Waals surface area contributed by atoms with Crippen molar-refractivity contribution < 1.29 is 14.4 Å². The van der Waals surface area contributed by atoms with E-state index in [0.29, 0.717) is 6.61 Å². The minimum Gasteiger partial charge on any atom is -0.370 e. The van der Waals surface area contributed by atoms with E-state index in [4.69, 9.17) is 19.4 Å². The number of hydrogen-bond acceptors (Lipinski definition) is 7. The van der Waals surface area contributed by atoms with Crippen molar-refractivity contribution in [1.82, 2.24) is 9.97 Å². The van der Waals surface area contributed by atoms with Gasteiger partial charge in [-0.15, -0.1) is 11.3 Å². The maximum absolute atomic E-state index is 6.06. The number of nitrogens with zero attached hydrogens (tertiary/aromatic N) is 2. The van der Waals surface area contributed by atoms with E-state index in [1.165, 1.54) is 35.2 Å². The Labute approximate surface area is 188 Å². The number of aromatic nitrogens is 2. The zero-order valence-electron chi connectivity index (χ0n) is 18.5. The van der Waals surface area contributed by atoms with Crippen molar-refractivity contribution in [1.29, 1.82) is 0 Å². The fraction of sp³-hybridized carbons (Fsp3) is 0.727. The first-order valence-corrected chi connectivity index (χ1v) is 13.1. The summed E-state index contributed by atoms with van der Waals surface area (Å²) in [6.45, 7) is 13.4. The van der Waals surface area contributed by atoms with Crippen molar-refractivity contribution in [3.8, 4) is 0 Å². The SMILES string of the molecule is CCCCSc1nc(NCCC[NH+]2CCOCC2)c2c3c(sc2n1)COC(C)(C)C3. The molecule has 0 spiro atoms. The Balaban J connectivity index is 1.52. The highest BCUT2D eigenvalue weighted by atomic mass is 32.2. The van der Waals surface area contributed by atoms with Crippen LogP contribution in [0, 0.1) is 0 Å². The molecule has 2 aromatic heterocycles. The van der Waals surface area contributed by atoms with Gasteiger partial charge < -0.3 is 19.7 Å². The summed E-state index contributed by atoms with van der Waals surface area (Å²) in [6, 6.07) is 0. The van der Waals surface area contributed by atoms with Crippen LogP contribution >= 0.6 is 23.1 Å². The predicted molar refractivity (Wildman–Crippen MR) is 125 cm³/mol. The van der Waals surface area contributed by atoms with Gasteiger partial charge in [0.2, 0.25) is 0 Å². The number of thioether (sulfide) groups is 1. The molecule has 0 radical (unpaired) electrons. The highest BCUT2D eigenvalue weighted by molar-refractivity contribution is 7.99. The summed E-state index contributed by atoms with van der Waals surface area (Å²) < 4.78 is 11.5. The summed E-state index contributed by atoms with van der Waals surface area (Å²) in [5.41, 5.74) is 1.25. The summed E-state index contributed by atoms with van der Waals surface area (Å²) in [6.07, 6.45) is 4.45. The first-order chi connectivity index (χ1) is 14.6. The minimum atomic E-state index is -0.132. The van der Waals surface area contributed by atoms with E-state index in [1.807, 2.05) is 0 Å². The summed E-state index contributed by atoms with van der Waals surface area (Å²) in [4.78, 5) is 14.0. The highest BCUT2D eigenvalue weighted by Crippen LogP contribution is 2.41. The summed E-state index contributed by atoms with van der Waals surface area (Å²) >= 11 is 3.56. The third-order valence-electron chi connectivity index (χ3n) is 5.84. The molecule has 2 N–H and O–H groups in total. The van der Waals surface area contributed by atoms with Gasteiger partial charge in [0.15, 0.2) is 5.16 Å². The van der Waals surface area contributed by atoms with Crippen LogP contribution in [0.5, 0.6) is 0 Å². The number of nitrogens with one attached hydrogen (secondary N) is 2. The summed E-state index contributed by atoms with van der Waals surface area (Å²) in [5, 5.41) is 5.80. The third kappa shape index (κ3) is 5.46. The van der Waals surface area contributed by atoms with Crippen LogP contribution in [0.1, 0.15) is 50.5 Å². The lowest BCUT2D eigenvalue weighted by Gasteiger charge is -2.30. The first kappa shape index (κ1) is 22.3. The lowest BCUT2D eigenvalue weighted by Crippen LogP contribution is -3.14. The number of ether oxygens (including phenoxy) is 2. The van der Waals surface area contributed by atoms with E-state index in [-0.39, 0.29) is 5.60 Å². The molecule has 4 heterocycles. The second-order valence-electron chi connectivity index (χ2n) is 8.86. The van der Waals surface area contributed by atoms with Crippen LogP contribution in [-0.4, -0.2) is 60.7 Å². The quantitative estimate of drug-likeness (QED) is 0.347. The maximum atomic E-state index is 6.06. The van der Waals surface area contributed by atoms with Crippen LogP contribution in [0.4, 0.5) is 5.82 Å². The highest BCUT2D eigenvalue weighted by Gasteiger charge is 2.31. The van der Waals surface area contributed by atoms with Gasteiger partial charge in [-0.1, -0.05) is 25.1 Å². The molecule has 0 saturated carbocycles. The van der Waals surface area contributed by atoms with Crippen LogP contribution in [0.15, 0.2) is 5.16 Å². The van der Waals surface area contributed by atoms with E-state index in [1.54, 1.807) is 28.0 Å². The largest absolute Gasteiger partial charge is 0.370 e. The van der Waals surface area contributed by atoms with E-state index in [0.717, 1.165) is 67.2 Å². The van der Waals surface area contributed by atoms with Gasteiger partial charge in [-0.25, -0.2) is 9.97 Å². The number of hydrogen-bond donors (Lipinski definition) is 2. The van der Waals surface area contributed by atoms with Crippen LogP contribution in [-0.2, 0) is 22.5 Å². The fourth-order valence-corrected chi connectivity index (χ4v) is 6.17. The average Bonchev–Trinajstić information content (AvgIpc) is 3.09. The van der Waals surface area contributed by atoms with E-state index < -0.39 is 0 Å². The second-order valence-corrected chi connectivity index (χ2v) is 11.0. The Morgan fingerprint density at radius 1 is 1.20 bits per heavy atom. The number of fused-ring (bicyclic) bond motifs is 3. The Morgan fingerprint density at radius 3 is 2.83 bits per heavy atom. The standard InChI is InChI=1S/C22H34N4O2S2/c1-4-5-13-29-21-24-19(23-7-6-8-26-9-11-27-12-10-26)18-16-14-22(2,3)28-15-17(16)30-20(18)25-21/h4-15H2,1-3H3,(H,23,24,25)/p+1. The molecule has 2 aromatic rings.